The molecule has 2 heterocycles. The topological polar surface area (TPSA) is 21.1 Å². The molecular weight excluding hydrogens is 302 g/mol. The van der Waals surface area contributed by atoms with Crippen LogP contribution >= 0.6 is 15.9 Å². The molecule has 0 aliphatic carbocycles. The quantitative estimate of drug-likeness (QED) is 0.815. The number of nitrogens with zero attached hydrogens (tertiary/aromatic N) is 3. The minimum absolute atomic E-state index is 0.271. The standard InChI is InChI=1S/C15H24BrN3/c1-11(2)13-10-14(16)17-19(13)12-6-8-18(9-7-12)15(3,4)5/h10,12H,1,6-9H2,2-5H3. The van der Waals surface area contributed by atoms with Crippen LogP contribution in [0.1, 0.15) is 52.3 Å². The van der Waals surface area contributed by atoms with Gasteiger partial charge in [0.2, 0.25) is 0 Å². The molecule has 19 heavy (non-hydrogen) atoms. The molecule has 1 aliphatic heterocycles. The predicted octanol–water partition coefficient (Wildman–Crippen LogP) is 4.11. The highest BCUT2D eigenvalue weighted by atomic mass is 79.9. The summed E-state index contributed by atoms with van der Waals surface area (Å²) in [6.07, 6.45) is 2.32. The molecule has 2 rings (SSSR count). The van der Waals surface area contributed by atoms with Gasteiger partial charge in [0.05, 0.1) is 11.7 Å². The Labute approximate surface area is 124 Å². The van der Waals surface area contributed by atoms with E-state index in [2.05, 4.69) is 64.0 Å². The van der Waals surface area contributed by atoms with Crippen LogP contribution in [0, 0.1) is 0 Å². The molecule has 1 fully saturated rings. The van der Waals surface area contributed by atoms with Gasteiger partial charge in [-0.3, -0.25) is 9.58 Å². The van der Waals surface area contributed by atoms with Crippen molar-refractivity contribution in [2.45, 2.75) is 52.1 Å². The van der Waals surface area contributed by atoms with E-state index in [1.165, 1.54) is 0 Å². The third-order valence-electron chi connectivity index (χ3n) is 3.90. The fraction of sp³-hybridized carbons (Fsp3) is 0.667. The summed E-state index contributed by atoms with van der Waals surface area (Å²) in [4.78, 5) is 2.56. The highest BCUT2D eigenvalue weighted by Gasteiger charge is 2.28. The molecule has 0 unspecified atom stereocenters. The fourth-order valence-corrected chi connectivity index (χ4v) is 3.13. The second-order valence-electron chi connectivity index (χ2n) is 6.47. The van der Waals surface area contributed by atoms with E-state index in [-0.39, 0.29) is 5.54 Å². The highest BCUT2D eigenvalue weighted by Crippen LogP contribution is 2.30. The lowest BCUT2D eigenvalue weighted by molar-refractivity contribution is 0.0867. The van der Waals surface area contributed by atoms with Gasteiger partial charge < -0.3 is 0 Å². The zero-order valence-electron chi connectivity index (χ0n) is 12.4. The zero-order chi connectivity index (χ0) is 14.2. The summed E-state index contributed by atoms with van der Waals surface area (Å²) in [5.74, 6) is 0. The van der Waals surface area contributed by atoms with Gasteiger partial charge in [0.25, 0.3) is 0 Å². The van der Waals surface area contributed by atoms with Crippen LogP contribution in [0.15, 0.2) is 17.2 Å². The number of allylic oxidation sites excluding steroid dienone is 1. The second kappa shape index (κ2) is 5.41. The first-order chi connectivity index (χ1) is 8.79. The van der Waals surface area contributed by atoms with Crippen molar-refractivity contribution in [1.82, 2.24) is 14.7 Å². The molecule has 0 atom stereocenters. The molecule has 1 aliphatic rings. The van der Waals surface area contributed by atoms with E-state index in [0.29, 0.717) is 6.04 Å². The van der Waals surface area contributed by atoms with Gasteiger partial charge in [-0.2, -0.15) is 5.10 Å². The number of hydrogen-bond donors (Lipinski definition) is 0. The molecule has 106 valence electrons. The molecule has 4 heteroatoms. The number of rotatable bonds is 2. The van der Waals surface area contributed by atoms with Gasteiger partial charge in [0.1, 0.15) is 4.60 Å². The van der Waals surface area contributed by atoms with E-state index < -0.39 is 0 Å². The molecule has 0 amide bonds. The normalized spacial score (nSPS) is 18.8. The van der Waals surface area contributed by atoms with Crippen LogP contribution in [-0.4, -0.2) is 33.3 Å². The van der Waals surface area contributed by atoms with E-state index in [9.17, 15) is 0 Å². The number of aromatic nitrogens is 2. The summed E-state index contributed by atoms with van der Waals surface area (Å²) < 4.78 is 3.07. The van der Waals surface area contributed by atoms with Crippen molar-refractivity contribution >= 4 is 21.5 Å². The molecule has 3 nitrogen and oxygen atoms in total. The Hall–Kier alpha value is -0.610. The Balaban J connectivity index is 2.12. The van der Waals surface area contributed by atoms with Gasteiger partial charge in [-0.25, -0.2) is 0 Å². The maximum atomic E-state index is 4.60. The van der Waals surface area contributed by atoms with Crippen LogP contribution < -0.4 is 0 Å². The lowest BCUT2D eigenvalue weighted by atomic mass is 9.98. The number of halogens is 1. The smallest absolute Gasteiger partial charge is 0.128 e. The molecule has 0 aromatic carbocycles. The van der Waals surface area contributed by atoms with Crippen molar-refractivity contribution in [1.29, 1.82) is 0 Å². The molecule has 0 bridgehead atoms. The third-order valence-corrected chi connectivity index (χ3v) is 4.29. The first-order valence-electron chi connectivity index (χ1n) is 6.95. The lowest BCUT2D eigenvalue weighted by Crippen LogP contribution is -2.46. The summed E-state index contributed by atoms with van der Waals surface area (Å²) in [5, 5.41) is 4.60. The third kappa shape index (κ3) is 3.29. The van der Waals surface area contributed by atoms with Gasteiger partial charge >= 0.3 is 0 Å². The zero-order valence-corrected chi connectivity index (χ0v) is 14.0. The number of hydrogen-bond acceptors (Lipinski definition) is 2. The van der Waals surface area contributed by atoms with Crippen LogP contribution in [0.3, 0.4) is 0 Å². The summed E-state index contributed by atoms with van der Waals surface area (Å²) in [5.41, 5.74) is 2.50. The van der Waals surface area contributed by atoms with Crippen molar-refractivity contribution in [2.75, 3.05) is 13.1 Å². The van der Waals surface area contributed by atoms with E-state index in [4.69, 9.17) is 0 Å². The van der Waals surface area contributed by atoms with Crippen molar-refractivity contribution in [3.63, 3.8) is 0 Å². The van der Waals surface area contributed by atoms with E-state index in [1.54, 1.807) is 0 Å². The van der Waals surface area contributed by atoms with Crippen LogP contribution in [-0.2, 0) is 0 Å². The summed E-state index contributed by atoms with van der Waals surface area (Å²) in [6, 6.07) is 2.56. The highest BCUT2D eigenvalue weighted by molar-refractivity contribution is 9.10. The van der Waals surface area contributed by atoms with Crippen LogP contribution in [0.2, 0.25) is 0 Å². The van der Waals surface area contributed by atoms with E-state index in [1.807, 2.05) is 6.92 Å². The Bertz CT molecular complexity index is 462. The first kappa shape index (κ1) is 14.8. The van der Waals surface area contributed by atoms with Gasteiger partial charge in [-0.15, -0.1) is 0 Å². The Morgan fingerprint density at radius 3 is 2.42 bits per heavy atom. The summed E-state index contributed by atoms with van der Waals surface area (Å²) >= 11 is 3.48. The molecule has 0 N–H and O–H groups in total. The molecule has 0 saturated carbocycles. The van der Waals surface area contributed by atoms with Gasteiger partial charge in [0.15, 0.2) is 0 Å². The SMILES string of the molecule is C=C(C)c1cc(Br)nn1C1CCN(C(C)(C)C)CC1. The van der Waals surface area contributed by atoms with Crippen molar-refractivity contribution in [3.05, 3.63) is 22.9 Å². The van der Waals surface area contributed by atoms with Crippen molar-refractivity contribution in [2.24, 2.45) is 0 Å². The number of piperidine rings is 1. The second-order valence-corrected chi connectivity index (χ2v) is 7.28. The predicted molar refractivity (Wildman–Crippen MR) is 84.2 cm³/mol. The molecule has 1 aromatic heterocycles. The fourth-order valence-electron chi connectivity index (χ4n) is 2.74. The van der Waals surface area contributed by atoms with Crippen LogP contribution in [0.5, 0.6) is 0 Å². The number of likely N-dealkylation sites (tertiary alicyclic amines) is 1. The van der Waals surface area contributed by atoms with Crippen LogP contribution in [0.4, 0.5) is 0 Å². The molecule has 1 saturated heterocycles. The minimum atomic E-state index is 0.271. The molecule has 0 radical (unpaired) electrons. The lowest BCUT2D eigenvalue weighted by Gasteiger charge is -2.41. The maximum Gasteiger partial charge on any atom is 0.128 e. The summed E-state index contributed by atoms with van der Waals surface area (Å²) in [7, 11) is 0. The minimum Gasteiger partial charge on any atom is -0.298 e. The largest absolute Gasteiger partial charge is 0.298 e. The monoisotopic (exact) mass is 325 g/mol. The van der Waals surface area contributed by atoms with Gasteiger partial charge in [0, 0.05) is 18.6 Å². The molecular formula is C15H24BrN3. The molecule has 1 aromatic rings. The van der Waals surface area contributed by atoms with Crippen LogP contribution in [0.25, 0.3) is 5.57 Å². The van der Waals surface area contributed by atoms with E-state index in [0.717, 1.165) is 41.8 Å². The van der Waals surface area contributed by atoms with Crippen molar-refractivity contribution in [3.8, 4) is 0 Å². The maximum absolute atomic E-state index is 4.60. The average molecular weight is 326 g/mol. The van der Waals surface area contributed by atoms with Gasteiger partial charge in [-0.05, 0) is 68.1 Å². The Morgan fingerprint density at radius 1 is 1.37 bits per heavy atom. The Kier molecular flexibility index (Phi) is 4.21. The molecule has 0 spiro atoms. The summed E-state index contributed by atoms with van der Waals surface area (Å²) in [6.45, 7) is 15.2. The first-order valence-corrected chi connectivity index (χ1v) is 7.74. The Morgan fingerprint density at radius 2 is 1.95 bits per heavy atom. The van der Waals surface area contributed by atoms with E-state index >= 15 is 0 Å². The average Bonchev–Trinajstić information content (AvgIpc) is 2.70. The van der Waals surface area contributed by atoms with Gasteiger partial charge in [-0.1, -0.05) is 6.58 Å². The van der Waals surface area contributed by atoms with Crippen molar-refractivity contribution < 1.29 is 0 Å².